The minimum atomic E-state index is -1.13. The van der Waals surface area contributed by atoms with Gasteiger partial charge in [-0.1, -0.05) is 0 Å². The van der Waals surface area contributed by atoms with Gasteiger partial charge < -0.3 is 14.9 Å². The molecule has 4 nitrogen and oxygen atoms in total. The molecular formula is C5H9NO3. The molecule has 1 heterocycles. The summed E-state index contributed by atoms with van der Waals surface area (Å²) in [6, 6.07) is 0. The molecule has 1 aliphatic heterocycles. The summed E-state index contributed by atoms with van der Waals surface area (Å²) in [5, 5.41) is 24.6. The van der Waals surface area contributed by atoms with Crippen LogP contribution >= 0.6 is 0 Å². The van der Waals surface area contributed by atoms with Gasteiger partial charge in [0, 0.05) is 0 Å². The molecule has 0 radical (unpaired) electrons. The van der Waals surface area contributed by atoms with Gasteiger partial charge in [0.2, 0.25) is 5.90 Å². The van der Waals surface area contributed by atoms with Crippen LogP contribution in [0.5, 0.6) is 0 Å². The van der Waals surface area contributed by atoms with Crippen LogP contribution in [0.15, 0.2) is 0 Å². The van der Waals surface area contributed by atoms with E-state index in [2.05, 4.69) is 4.74 Å². The smallest absolute Gasteiger partial charge is 0.213 e. The monoisotopic (exact) mass is 131 g/mol. The number of aliphatic hydroxyl groups excluding tert-OH is 2. The Hall–Kier alpha value is -0.610. The lowest BCUT2D eigenvalue weighted by Gasteiger charge is -2.05. The van der Waals surface area contributed by atoms with Crippen molar-refractivity contribution in [1.82, 2.24) is 0 Å². The van der Waals surface area contributed by atoms with Gasteiger partial charge in [0.25, 0.3) is 0 Å². The van der Waals surface area contributed by atoms with E-state index in [-0.39, 0.29) is 5.90 Å². The van der Waals surface area contributed by atoms with Crippen molar-refractivity contribution in [2.75, 3.05) is 0 Å². The van der Waals surface area contributed by atoms with Crippen molar-refractivity contribution in [2.45, 2.75) is 25.2 Å². The first-order valence-electron chi connectivity index (χ1n) is 2.74. The van der Waals surface area contributed by atoms with Gasteiger partial charge in [-0.25, -0.2) is 0 Å². The zero-order valence-electron chi connectivity index (χ0n) is 5.03. The van der Waals surface area contributed by atoms with E-state index >= 15 is 0 Å². The summed E-state index contributed by atoms with van der Waals surface area (Å²) in [6.45, 7) is 1.61. The molecule has 1 aliphatic rings. The van der Waals surface area contributed by atoms with Gasteiger partial charge >= 0.3 is 0 Å². The minimum Gasteiger partial charge on any atom is -0.473 e. The number of ether oxygens (including phenoxy) is 1. The first-order valence-corrected chi connectivity index (χ1v) is 2.74. The molecule has 3 atom stereocenters. The predicted molar refractivity (Wildman–Crippen MR) is 30.3 cm³/mol. The molecule has 0 aliphatic carbocycles. The van der Waals surface area contributed by atoms with Crippen molar-refractivity contribution in [2.24, 2.45) is 0 Å². The van der Waals surface area contributed by atoms with E-state index in [0.717, 1.165) is 0 Å². The topological polar surface area (TPSA) is 73.5 Å². The standard InChI is InChI=1S/C5H9NO3/c1-2-3(7)4(8)5(6)9-2/h2-4,6-8H,1H3/t2-,3-,4-/m1/s1. The largest absolute Gasteiger partial charge is 0.473 e. The molecule has 0 amide bonds. The molecule has 0 saturated carbocycles. The third-order valence-corrected chi connectivity index (χ3v) is 1.39. The van der Waals surface area contributed by atoms with E-state index in [1.54, 1.807) is 6.92 Å². The molecule has 0 unspecified atom stereocenters. The lowest BCUT2D eigenvalue weighted by molar-refractivity contribution is 0.0318. The maximum Gasteiger partial charge on any atom is 0.213 e. The summed E-state index contributed by atoms with van der Waals surface area (Å²) in [5.74, 6) is -0.241. The highest BCUT2D eigenvalue weighted by molar-refractivity contribution is 5.80. The van der Waals surface area contributed by atoms with E-state index < -0.39 is 18.3 Å². The zero-order valence-corrected chi connectivity index (χ0v) is 5.03. The molecule has 1 rings (SSSR count). The van der Waals surface area contributed by atoms with Crippen molar-refractivity contribution >= 4 is 5.90 Å². The molecule has 4 heteroatoms. The van der Waals surface area contributed by atoms with E-state index in [4.69, 9.17) is 15.6 Å². The van der Waals surface area contributed by atoms with E-state index in [1.807, 2.05) is 0 Å². The highest BCUT2D eigenvalue weighted by Crippen LogP contribution is 2.14. The number of hydrogen-bond acceptors (Lipinski definition) is 4. The average molecular weight is 131 g/mol. The highest BCUT2D eigenvalue weighted by Gasteiger charge is 2.36. The van der Waals surface area contributed by atoms with Gasteiger partial charge in [0.05, 0.1) is 0 Å². The molecule has 0 bridgehead atoms. The van der Waals surface area contributed by atoms with Crippen molar-refractivity contribution < 1.29 is 14.9 Å². The summed E-state index contributed by atoms with van der Waals surface area (Å²) in [6.07, 6.45) is -2.51. The van der Waals surface area contributed by atoms with Gasteiger partial charge in [0.1, 0.15) is 12.2 Å². The summed E-state index contributed by atoms with van der Waals surface area (Å²) in [4.78, 5) is 0. The Balaban J connectivity index is 2.65. The lowest BCUT2D eigenvalue weighted by atomic mass is 10.2. The fourth-order valence-electron chi connectivity index (χ4n) is 0.752. The van der Waals surface area contributed by atoms with E-state index in [1.165, 1.54) is 0 Å². The van der Waals surface area contributed by atoms with Crippen molar-refractivity contribution in [3.8, 4) is 0 Å². The molecule has 0 aromatic heterocycles. The minimum absolute atomic E-state index is 0.241. The van der Waals surface area contributed by atoms with Gasteiger partial charge in [0.15, 0.2) is 6.10 Å². The second-order valence-corrected chi connectivity index (χ2v) is 2.12. The molecule has 0 aromatic carbocycles. The van der Waals surface area contributed by atoms with Crippen LogP contribution in [-0.4, -0.2) is 34.4 Å². The highest BCUT2D eigenvalue weighted by atomic mass is 16.5. The van der Waals surface area contributed by atoms with Gasteiger partial charge in [-0.05, 0) is 6.92 Å². The molecule has 1 fully saturated rings. The van der Waals surface area contributed by atoms with Crippen LogP contribution in [0, 0.1) is 5.41 Å². The summed E-state index contributed by atoms with van der Waals surface area (Å²) in [5.41, 5.74) is 0. The summed E-state index contributed by atoms with van der Waals surface area (Å²) >= 11 is 0. The fourth-order valence-corrected chi connectivity index (χ4v) is 0.752. The first-order chi connectivity index (χ1) is 4.13. The molecule has 3 N–H and O–H groups in total. The van der Waals surface area contributed by atoms with Crippen LogP contribution in [0.25, 0.3) is 0 Å². The van der Waals surface area contributed by atoms with Crippen LogP contribution in [0.1, 0.15) is 6.92 Å². The van der Waals surface area contributed by atoms with Crippen molar-refractivity contribution in [1.29, 1.82) is 5.41 Å². The van der Waals surface area contributed by atoms with Gasteiger partial charge in [-0.2, -0.15) is 0 Å². The average Bonchev–Trinajstić information content (AvgIpc) is 1.98. The molecular weight excluding hydrogens is 122 g/mol. The van der Waals surface area contributed by atoms with Crippen LogP contribution in [-0.2, 0) is 4.74 Å². The zero-order chi connectivity index (χ0) is 7.02. The van der Waals surface area contributed by atoms with Gasteiger partial charge in [-0.15, -0.1) is 0 Å². The quantitative estimate of drug-likeness (QED) is 0.399. The van der Waals surface area contributed by atoms with E-state index in [0.29, 0.717) is 0 Å². The van der Waals surface area contributed by atoms with Crippen LogP contribution < -0.4 is 0 Å². The molecule has 0 aromatic rings. The lowest BCUT2D eigenvalue weighted by Crippen LogP contribution is -2.28. The maximum atomic E-state index is 8.92. The number of nitrogens with one attached hydrogen (secondary N) is 1. The van der Waals surface area contributed by atoms with Crippen LogP contribution in [0.2, 0.25) is 0 Å². The van der Waals surface area contributed by atoms with Crippen molar-refractivity contribution in [3.05, 3.63) is 0 Å². The van der Waals surface area contributed by atoms with Gasteiger partial charge in [-0.3, -0.25) is 5.41 Å². The Morgan fingerprint density at radius 1 is 1.56 bits per heavy atom. The number of aliphatic hydroxyl groups is 2. The fraction of sp³-hybridized carbons (Fsp3) is 0.800. The van der Waals surface area contributed by atoms with Crippen LogP contribution in [0.4, 0.5) is 0 Å². The summed E-state index contributed by atoms with van der Waals surface area (Å²) in [7, 11) is 0. The Bertz CT molecular complexity index is 136. The second-order valence-electron chi connectivity index (χ2n) is 2.12. The SMILES string of the molecule is C[C@H]1OC(=N)[C@H](O)[C@@H]1O. The first kappa shape index (κ1) is 6.51. The predicted octanol–water partition coefficient (Wildman–Crippen LogP) is -0.896. The Morgan fingerprint density at radius 2 is 2.11 bits per heavy atom. The molecule has 0 spiro atoms. The molecule has 52 valence electrons. The maximum absolute atomic E-state index is 8.92. The third-order valence-electron chi connectivity index (χ3n) is 1.39. The van der Waals surface area contributed by atoms with E-state index in [9.17, 15) is 0 Å². The normalized spacial score (nSPS) is 43.0. The Morgan fingerprint density at radius 3 is 2.22 bits per heavy atom. The van der Waals surface area contributed by atoms with Crippen LogP contribution in [0.3, 0.4) is 0 Å². The second kappa shape index (κ2) is 1.97. The third kappa shape index (κ3) is 0.906. The van der Waals surface area contributed by atoms with Crippen molar-refractivity contribution in [3.63, 3.8) is 0 Å². The Labute approximate surface area is 52.6 Å². The molecule has 9 heavy (non-hydrogen) atoms. The summed E-state index contributed by atoms with van der Waals surface area (Å²) < 4.78 is 4.67. The number of rotatable bonds is 0. The Kier molecular flexibility index (Phi) is 1.42. The number of hydrogen-bond donors (Lipinski definition) is 3. The molecule has 1 saturated heterocycles.